The molecule has 0 aromatic carbocycles. The van der Waals surface area contributed by atoms with E-state index >= 15 is 0 Å². The lowest BCUT2D eigenvalue weighted by molar-refractivity contribution is -0.126. The Morgan fingerprint density at radius 2 is 2.12 bits per heavy atom. The Morgan fingerprint density at radius 3 is 2.80 bits per heavy atom. The number of aromatic nitrogens is 2. The molecule has 1 atom stereocenters. The Bertz CT molecular complexity index is 748. The first-order chi connectivity index (χ1) is 12.2. The zero-order valence-corrected chi connectivity index (χ0v) is 15.4. The van der Waals surface area contributed by atoms with Gasteiger partial charge in [-0.15, -0.1) is 11.3 Å². The smallest absolute Gasteiger partial charge is 0.266 e. The van der Waals surface area contributed by atoms with E-state index in [-0.39, 0.29) is 23.4 Å². The molecule has 1 fully saturated rings. The highest BCUT2D eigenvalue weighted by Crippen LogP contribution is 2.24. The third kappa shape index (κ3) is 4.57. The fourth-order valence-electron chi connectivity index (χ4n) is 3.30. The van der Waals surface area contributed by atoms with Gasteiger partial charge in [0.2, 0.25) is 5.91 Å². The number of hydrogen-bond acceptors (Lipinski definition) is 4. The van der Waals surface area contributed by atoms with E-state index in [9.17, 15) is 9.59 Å². The summed E-state index contributed by atoms with van der Waals surface area (Å²) in [5.74, 6) is 0.263. The molecule has 0 aliphatic heterocycles. The van der Waals surface area contributed by atoms with Crippen molar-refractivity contribution in [3.05, 3.63) is 40.0 Å². The van der Waals surface area contributed by atoms with Crippen molar-refractivity contribution < 1.29 is 4.79 Å². The van der Waals surface area contributed by atoms with Gasteiger partial charge in [0.05, 0.1) is 11.4 Å². The number of thiophene rings is 1. The molecule has 0 spiro atoms. The highest BCUT2D eigenvalue weighted by Gasteiger charge is 2.23. The third-order valence-electron chi connectivity index (χ3n) is 4.85. The molecule has 1 amide bonds. The quantitative estimate of drug-likeness (QED) is 0.859. The molecule has 0 bridgehead atoms. The van der Waals surface area contributed by atoms with Crippen LogP contribution in [0.25, 0.3) is 10.6 Å². The molecular formula is C19H25N3O2S. The van der Waals surface area contributed by atoms with Crippen LogP contribution in [0, 0.1) is 5.92 Å². The minimum absolute atomic E-state index is 0.0711. The van der Waals surface area contributed by atoms with Crippen molar-refractivity contribution in [2.45, 2.75) is 58.0 Å². The van der Waals surface area contributed by atoms with E-state index < -0.39 is 0 Å². The Hall–Kier alpha value is -1.95. The van der Waals surface area contributed by atoms with Crippen LogP contribution < -0.4 is 10.9 Å². The minimum Gasteiger partial charge on any atom is -0.351 e. The van der Waals surface area contributed by atoms with Gasteiger partial charge in [0.25, 0.3) is 5.56 Å². The van der Waals surface area contributed by atoms with Crippen molar-refractivity contribution >= 4 is 17.2 Å². The Morgan fingerprint density at radius 1 is 1.32 bits per heavy atom. The molecule has 6 heteroatoms. The van der Waals surface area contributed by atoms with Gasteiger partial charge in [0.15, 0.2) is 0 Å². The summed E-state index contributed by atoms with van der Waals surface area (Å²) < 4.78 is 1.48. The second kappa shape index (κ2) is 8.43. The summed E-state index contributed by atoms with van der Waals surface area (Å²) in [6, 6.07) is 7.20. The Labute approximate surface area is 152 Å². The van der Waals surface area contributed by atoms with Crippen molar-refractivity contribution in [1.82, 2.24) is 15.1 Å². The van der Waals surface area contributed by atoms with E-state index in [1.54, 1.807) is 23.5 Å². The highest BCUT2D eigenvalue weighted by molar-refractivity contribution is 7.13. The van der Waals surface area contributed by atoms with Gasteiger partial charge in [0.1, 0.15) is 5.69 Å². The van der Waals surface area contributed by atoms with Gasteiger partial charge in [-0.3, -0.25) is 9.59 Å². The molecule has 2 aromatic heterocycles. The Balaban J connectivity index is 1.69. The van der Waals surface area contributed by atoms with Gasteiger partial charge in [-0.2, -0.15) is 5.10 Å². The first kappa shape index (κ1) is 17.9. The lowest BCUT2D eigenvalue weighted by atomic mass is 9.88. The number of carbonyl (C=O) groups excluding carboxylic acids is 1. The second-order valence-electron chi connectivity index (χ2n) is 6.66. The molecule has 0 unspecified atom stereocenters. The molecule has 1 aliphatic carbocycles. The molecule has 3 rings (SSSR count). The molecular weight excluding hydrogens is 334 g/mol. The van der Waals surface area contributed by atoms with Crippen molar-refractivity contribution in [2.75, 3.05) is 0 Å². The predicted molar refractivity (Wildman–Crippen MR) is 101 cm³/mol. The molecule has 5 nitrogen and oxygen atoms in total. The maximum atomic E-state index is 12.5. The summed E-state index contributed by atoms with van der Waals surface area (Å²) in [5.41, 5.74) is 0.661. The molecule has 1 saturated carbocycles. The maximum absolute atomic E-state index is 12.5. The number of rotatable bonds is 6. The average molecular weight is 359 g/mol. The van der Waals surface area contributed by atoms with Crippen LogP contribution in [0.3, 0.4) is 0 Å². The van der Waals surface area contributed by atoms with Crippen molar-refractivity contribution in [1.29, 1.82) is 0 Å². The third-order valence-corrected chi connectivity index (χ3v) is 5.74. The lowest BCUT2D eigenvalue weighted by Crippen LogP contribution is -2.43. The van der Waals surface area contributed by atoms with Crippen LogP contribution in [0.5, 0.6) is 0 Å². The molecule has 134 valence electrons. The van der Waals surface area contributed by atoms with E-state index in [0.29, 0.717) is 6.54 Å². The molecule has 2 heterocycles. The highest BCUT2D eigenvalue weighted by atomic mass is 32.1. The van der Waals surface area contributed by atoms with Crippen LogP contribution in [-0.2, 0) is 11.3 Å². The predicted octanol–water partition coefficient (Wildman–Crippen LogP) is 3.45. The van der Waals surface area contributed by atoms with E-state index in [2.05, 4.69) is 10.4 Å². The van der Waals surface area contributed by atoms with Gasteiger partial charge < -0.3 is 5.32 Å². The molecule has 1 aliphatic rings. The number of nitrogens with zero attached hydrogens (tertiary/aromatic N) is 2. The van der Waals surface area contributed by atoms with Gasteiger partial charge >= 0.3 is 0 Å². The summed E-state index contributed by atoms with van der Waals surface area (Å²) in [4.78, 5) is 25.7. The van der Waals surface area contributed by atoms with Crippen LogP contribution in [0.1, 0.15) is 45.4 Å². The summed E-state index contributed by atoms with van der Waals surface area (Å²) in [7, 11) is 0. The van der Waals surface area contributed by atoms with E-state index in [4.69, 9.17) is 0 Å². The minimum atomic E-state index is -0.134. The number of amides is 1. The Kier molecular flexibility index (Phi) is 6.02. The largest absolute Gasteiger partial charge is 0.351 e. The van der Waals surface area contributed by atoms with Crippen LogP contribution >= 0.6 is 11.3 Å². The summed E-state index contributed by atoms with van der Waals surface area (Å²) in [5, 5.41) is 9.61. The second-order valence-corrected chi connectivity index (χ2v) is 7.61. The van der Waals surface area contributed by atoms with Crippen molar-refractivity contribution in [2.24, 2.45) is 5.92 Å². The van der Waals surface area contributed by atoms with Gasteiger partial charge in [-0.05, 0) is 36.8 Å². The number of carbonyl (C=O) groups is 1. The molecule has 0 saturated heterocycles. The van der Waals surface area contributed by atoms with Crippen LogP contribution in [0.4, 0.5) is 0 Å². The lowest BCUT2D eigenvalue weighted by Gasteiger charge is -2.24. The summed E-state index contributed by atoms with van der Waals surface area (Å²) in [6.45, 7) is 2.44. The van der Waals surface area contributed by atoms with Crippen molar-refractivity contribution in [3.8, 4) is 10.6 Å². The zero-order valence-electron chi connectivity index (χ0n) is 14.6. The SMILES string of the molecule is CC[C@H](Cn1nc(-c2cccs2)ccc1=O)NC(=O)C1CCCCC1. The van der Waals surface area contributed by atoms with Gasteiger partial charge in [-0.25, -0.2) is 4.68 Å². The van der Waals surface area contributed by atoms with Gasteiger partial charge in [-0.1, -0.05) is 32.3 Å². The van der Waals surface area contributed by atoms with Crippen LogP contribution in [-0.4, -0.2) is 21.7 Å². The summed E-state index contributed by atoms with van der Waals surface area (Å²) in [6.07, 6.45) is 6.24. The first-order valence-electron chi connectivity index (χ1n) is 9.09. The maximum Gasteiger partial charge on any atom is 0.266 e. The molecule has 25 heavy (non-hydrogen) atoms. The van der Waals surface area contributed by atoms with Crippen LogP contribution in [0.15, 0.2) is 34.4 Å². The standard InChI is InChI=1S/C19H25N3O2S/c1-2-15(20-19(24)14-7-4-3-5-8-14)13-22-18(23)11-10-16(21-22)17-9-6-12-25-17/h6,9-12,14-15H,2-5,7-8,13H2,1H3,(H,20,24)/t15-/m1/s1. The first-order valence-corrected chi connectivity index (χ1v) is 9.97. The van der Waals surface area contributed by atoms with E-state index in [1.807, 2.05) is 24.4 Å². The monoisotopic (exact) mass is 359 g/mol. The molecule has 1 N–H and O–H groups in total. The average Bonchev–Trinajstić information content (AvgIpc) is 3.18. The normalized spacial score (nSPS) is 16.5. The number of hydrogen-bond donors (Lipinski definition) is 1. The summed E-state index contributed by atoms with van der Waals surface area (Å²) >= 11 is 1.60. The van der Waals surface area contributed by atoms with Gasteiger partial charge in [0, 0.05) is 18.0 Å². The molecule has 0 radical (unpaired) electrons. The van der Waals surface area contributed by atoms with E-state index in [1.165, 1.54) is 11.1 Å². The van der Waals surface area contributed by atoms with E-state index in [0.717, 1.165) is 42.7 Å². The van der Waals surface area contributed by atoms with Crippen molar-refractivity contribution in [3.63, 3.8) is 0 Å². The fraction of sp³-hybridized carbons (Fsp3) is 0.526. The van der Waals surface area contributed by atoms with Crippen LogP contribution in [0.2, 0.25) is 0 Å². The number of nitrogens with one attached hydrogen (secondary N) is 1. The topological polar surface area (TPSA) is 64.0 Å². The molecule has 2 aromatic rings. The fourth-order valence-corrected chi connectivity index (χ4v) is 4.00. The zero-order chi connectivity index (χ0) is 17.6.